The number of nitro groups is 1. The molecule has 0 spiro atoms. The maximum atomic E-state index is 12.2. The van der Waals surface area contributed by atoms with Gasteiger partial charge in [0.1, 0.15) is 6.04 Å². The Balaban J connectivity index is 3.24. The molecule has 0 aliphatic rings. The number of carbonyl (C=O) groups is 1. The molecule has 0 aromatic heterocycles. The van der Waals surface area contributed by atoms with E-state index in [1.54, 1.807) is 13.8 Å². The number of sulfonamides is 1. The lowest BCUT2D eigenvalue weighted by atomic mass is 10.1. The molecule has 1 atom stereocenters. The second kappa shape index (κ2) is 5.97. The summed E-state index contributed by atoms with van der Waals surface area (Å²) in [7, 11) is -4.22. The predicted molar refractivity (Wildman–Crippen MR) is 71.2 cm³/mol. The van der Waals surface area contributed by atoms with Crippen molar-refractivity contribution in [1.82, 2.24) is 4.72 Å². The third-order valence-electron chi connectivity index (χ3n) is 2.61. The summed E-state index contributed by atoms with van der Waals surface area (Å²) in [6.07, 6.45) is 0. The van der Waals surface area contributed by atoms with E-state index in [-0.39, 0.29) is 5.92 Å². The highest BCUT2D eigenvalue weighted by molar-refractivity contribution is 7.89. The molecule has 20 heavy (non-hydrogen) atoms. The summed E-state index contributed by atoms with van der Waals surface area (Å²) in [6.45, 7) is 3.22. The number of hydrogen-bond acceptors (Lipinski definition) is 5. The van der Waals surface area contributed by atoms with E-state index in [1.807, 2.05) is 0 Å². The van der Waals surface area contributed by atoms with Crippen molar-refractivity contribution in [2.45, 2.75) is 24.8 Å². The molecule has 9 heteroatoms. The van der Waals surface area contributed by atoms with Crippen molar-refractivity contribution in [1.29, 1.82) is 0 Å². The fourth-order valence-electron chi connectivity index (χ4n) is 1.59. The van der Waals surface area contributed by atoms with Crippen LogP contribution >= 0.6 is 0 Å². The first-order chi connectivity index (χ1) is 9.16. The van der Waals surface area contributed by atoms with Crippen molar-refractivity contribution in [3.8, 4) is 0 Å². The molecule has 0 saturated carbocycles. The minimum absolute atomic E-state index is 0.384. The summed E-state index contributed by atoms with van der Waals surface area (Å²) in [4.78, 5) is 20.8. The monoisotopic (exact) mass is 301 g/mol. The van der Waals surface area contributed by atoms with Crippen LogP contribution in [-0.4, -0.2) is 25.3 Å². The van der Waals surface area contributed by atoms with E-state index in [1.165, 1.54) is 12.1 Å². The lowest BCUT2D eigenvalue weighted by Crippen LogP contribution is -2.47. The Labute approximate surface area is 116 Å². The molecule has 0 unspecified atom stereocenters. The zero-order valence-corrected chi connectivity index (χ0v) is 11.8. The fraction of sp³-hybridized carbons (Fsp3) is 0.364. The minimum Gasteiger partial charge on any atom is -0.368 e. The lowest BCUT2D eigenvalue weighted by molar-refractivity contribution is -0.387. The summed E-state index contributed by atoms with van der Waals surface area (Å²) in [6, 6.07) is 3.74. The number of hydrogen-bond donors (Lipinski definition) is 2. The van der Waals surface area contributed by atoms with Gasteiger partial charge in [0.05, 0.1) is 4.92 Å². The SMILES string of the molecule is CC(C)[C@@H](NS(=O)(=O)c1ccccc1[N+](=O)[O-])C(N)=O. The number of nitrogens with two attached hydrogens (primary N) is 1. The van der Waals surface area contributed by atoms with Gasteiger partial charge in [-0.05, 0) is 12.0 Å². The molecule has 0 aliphatic heterocycles. The van der Waals surface area contributed by atoms with E-state index in [2.05, 4.69) is 4.72 Å². The first-order valence-electron chi connectivity index (χ1n) is 5.72. The highest BCUT2D eigenvalue weighted by Crippen LogP contribution is 2.23. The first-order valence-corrected chi connectivity index (χ1v) is 7.20. The van der Waals surface area contributed by atoms with Gasteiger partial charge in [0.2, 0.25) is 15.9 Å². The average Bonchev–Trinajstić information content (AvgIpc) is 2.35. The number of nitrogens with one attached hydrogen (secondary N) is 1. The van der Waals surface area contributed by atoms with Crippen LogP contribution in [0.5, 0.6) is 0 Å². The molecule has 1 rings (SSSR count). The summed E-state index contributed by atoms with van der Waals surface area (Å²) >= 11 is 0. The molecule has 1 aromatic carbocycles. The molecule has 0 aliphatic carbocycles. The third kappa shape index (κ3) is 3.52. The van der Waals surface area contributed by atoms with E-state index in [9.17, 15) is 23.3 Å². The Morgan fingerprint density at radius 1 is 1.35 bits per heavy atom. The molecule has 0 radical (unpaired) electrons. The Bertz CT molecular complexity index is 627. The van der Waals surface area contributed by atoms with Gasteiger partial charge >= 0.3 is 0 Å². The van der Waals surface area contributed by atoms with Gasteiger partial charge in [-0.15, -0.1) is 0 Å². The fourth-order valence-corrected chi connectivity index (χ4v) is 3.11. The van der Waals surface area contributed by atoms with Crippen molar-refractivity contribution in [3.05, 3.63) is 34.4 Å². The Morgan fingerprint density at radius 2 is 1.90 bits per heavy atom. The second-order valence-corrected chi connectivity index (χ2v) is 6.15. The van der Waals surface area contributed by atoms with Crippen LogP contribution in [0.25, 0.3) is 0 Å². The van der Waals surface area contributed by atoms with Crippen LogP contribution in [0.4, 0.5) is 5.69 Å². The topological polar surface area (TPSA) is 132 Å². The standard InChI is InChI=1S/C11H15N3O5S/c1-7(2)10(11(12)15)13-20(18,19)9-6-4-3-5-8(9)14(16)17/h3-7,10,13H,1-2H3,(H2,12,15)/t10-/m1/s1. The number of primary amides is 1. The Kier molecular flexibility index (Phi) is 4.79. The minimum atomic E-state index is -4.22. The van der Waals surface area contributed by atoms with Crippen LogP contribution in [0.3, 0.4) is 0 Å². The van der Waals surface area contributed by atoms with Gasteiger partial charge in [-0.3, -0.25) is 14.9 Å². The molecule has 1 amide bonds. The normalized spacial score (nSPS) is 13.2. The smallest absolute Gasteiger partial charge is 0.289 e. The summed E-state index contributed by atoms with van der Waals surface area (Å²) in [5.41, 5.74) is 4.56. The van der Waals surface area contributed by atoms with Crippen molar-refractivity contribution >= 4 is 21.6 Å². The van der Waals surface area contributed by atoms with Crippen LogP contribution < -0.4 is 10.5 Å². The number of rotatable bonds is 6. The van der Waals surface area contributed by atoms with E-state index in [0.717, 1.165) is 12.1 Å². The van der Waals surface area contributed by atoms with Gasteiger partial charge in [-0.2, -0.15) is 4.72 Å². The van der Waals surface area contributed by atoms with Gasteiger partial charge < -0.3 is 5.73 Å². The molecule has 110 valence electrons. The summed E-state index contributed by atoms with van der Waals surface area (Å²) in [5, 5.41) is 10.8. The maximum Gasteiger partial charge on any atom is 0.289 e. The summed E-state index contributed by atoms with van der Waals surface area (Å²) in [5.74, 6) is -1.23. The van der Waals surface area contributed by atoms with Crippen molar-refractivity contribution in [2.24, 2.45) is 11.7 Å². The van der Waals surface area contributed by atoms with E-state index in [4.69, 9.17) is 5.73 Å². The van der Waals surface area contributed by atoms with Crippen LogP contribution in [-0.2, 0) is 14.8 Å². The van der Waals surface area contributed by atoms with E-state index < -0.39 is 37.5 Å². The zero-order chi connectivity index (χ0) is 15.5. The molecule has 0 heterocycles. The number of amides is 1. The van der Waals surface area contributed by atoms with Crippen LogP contribution in [0.1, 0.15) is 13.8 Å². The highest BCUT2D eigenvalue weighted by atomic mass is 32.2. The molecule has 1 aromatic rings. The lowest BCUT2D eigenvalue weighted by Gasteiger charge is -2.18. The predicted octanol–water partition coefficient (Wildman–Crippen LogP) is 0.383. The number of nitro benzene ring substituents is 1. The van der Waals surface area contributed by atoms with E-state index >= 15 is 0 Å². The van der Waals surface area contributed by atoms with Crippen LogP contribution in [0.15, 0.2) is 29.2 Å². The van der Waals surface area contributed by atoms with Crippen molar-refractivity contribution in [3.63, 3.8) is 0 Å². The van der Waals surface area contributed by atoms with Gasteiger partial charge in [0.15, 0.2) is 4.90 Å². The molecule has 8 nitrogen and oxygen atoms in total. The van der Waals surface area contributed by atoms with Crippen LogP contribution in [0, 0.1) is 16.0 Å². The quantitative estimate of drug-likeness (QED) is 0.579. The largest absolute Gasteiger partial charge is 0.368 e. The number of carbonyl (C=O) groups excluding carboxylic acids is 1. The number of nitrogens with zero attached hydrogens (tertiary/aromatic N) is 1. The van der Waals surface area contributed by atoms with Gasteiger partial charge in [-0.25, -0.2) is 8.42 Å². The maximum absolute atomic E-state index is 12.2. The Hall–Kier alpha value is -2.00. The third-order valence-corrected chi connectivity index (χ3v) is 4.10. The molecular weight excluding hydrogens is 286 g/mol. The molecule has 0 fully saturated rings. The van der Waals surface area contributed by atoms with Crippen LogP contribution in [0.2, 0.25) is 0 Å². The van der Waals surface area contributed by atoms with Crippen molar-refractivity contribution < 1.29 is 18.1 Å². The molecule has 0 saturated heterocycles. The summed E-state index contributed by atoms with van der Waals surface area (Å²) < 4.78 is 26.4. The first kappa shape index (κ1) is 16.1. The zero-order valence-electron chi connectivity index (χ0n) is 10.9. The Morgan fingerprint density at radius 3 is 2.35 bits per heavy atom. The highest BCUT2D eigenvalue weighted by Gasteiger charge is 2.31. The van der Waals surface area contributed by atoms with E-state index in [0.29, 0.717) is 0 Å². The molecule has 0 bridgehead atoms. The average molecular weight is 301 g/mol. The van der Waals surface area contributed by atoms with Gasteiger partial charge in [0.25, 0.3) is 5.69 Å². The second-order valence-electron chi connectivity index (χ2n) is 4.47. The number of para-hydroxylation sites is 1. The number of benzene rings is 1. The molecule has 3 N–H and O–H groups in total. The van der Waals surface area contributed by atoms with Gasteiger partial charge in [0, 0.05) is 6.07 Å². The molecular formula is C11H15N3O5S. The van der Waals surface area contributed by atoms with Gasteiger partial charge in [-0.1, -0.05) is 26.0 Å². The van der Waals surface area contributed by atoms with Crippen molar-refractivity contribution in [2.75, 3.05) is 0 Å².